The normalized spacial score (nSPS) is 12.3. The number of hydrogen-bond acceptors (Lipinski definition) is 4. The molecule has 0 spiro atoms. The molecular formula is C48H50IrN4OSi-2. The Hall–Kier alpha value is -4.68. The summed E-state index contributed by atoms with van der Waals surface area (Å²) in [5.41, 5.74) is 12.1. The van der Waals surface area contributed by atoms with Crippen LogP contribution in [-0.2, 0) is 20.1 Å². The monoisotopic (exact) mass is 920 g/mol. The van der Waals surface area contributed by atoms with E-state index in [4.69, 9.17) is 15.8 Å². The standard InChI is InChI=1S/C25H25N2.C23H25N2OSi.Ir/c1-17(2)20-13-10-14-21(18(3)4)24(20)27-23-16-9-8-15-22(23)26-25(27)19-11-6-5-7-12-19;1-14(2)19-12-20(24-13-21(19)27(4,5)6)18-9-7-8-16-17-11-10-15(3)25-23(17)26-22(16)18;/h5-11,13-18H,1-4H3;7-8,10-14H,1-6H3;/q2*-1;/i;14D;. The Morgan fingerprint density at radius 1 is 0.745 bits per heavy atom. The smallest absolute Gasteiger partial charge is 0.216 e. The van der Waals surface area contributed by atoms with Gasteiger partial charge in [0.15, 0.2) is 0 Å². The van der Waals surface area contributed by atoms with Gasteiger partial charge in [-0.1, -0.05) is 114 Å². The van der Waals surface area contributed by atoms with E-state index in [1.54, 1.807) is 0 Å². The van der Waals surface area contributed by atoms with Crippen molar-refractivity contribution in [2.75, 3.05) is 0 Å². The maximum Gasteiger partial charge on any atom is 0.216 e. The molecule has 0 aliphatic rings. The molecule has 0 aliphatic heterocycles. The summed E-state index contributed by atoms with van der Waals surface area (Å²) in [5.74, 6) is 1.10. The van der Waals surface area contributed by atoms with Crippen LogP contribution in [0.1, 0.15) is 83.0 Å². The minimum absolute atomic E-state index is 0. The maximum atomic E-state index is 8.68. The number of aromatic nitrogens is 4. The Labute approximate surface area is 342 Å². The average Bonchev–Trinajstić information content (AvgIpc) is 3.72. The number of nitrogens with zero attached hydrogens (tertiary/aromatic N) is 4. The van der Waals surface area contributed by atoms with Crippen LogP contribution >= 0.6 is 0 Å². The molecule has 55 heavy (non-hydrogen) atoms. The molecule has 8 aromatic rings. The summed E-state index contributed by atoms with van der Waals surface area (Å²) in [6, 6.07) is 39.9. The zero-order valence-corrected chi connectivity index (χ0v) is 36.9. The second-order valence-electron chi connectivity index (χ2n) is 16.0. The van der Waals surface area contributed by atoms with E-state index < -0.39 is 14.0 Å². The first-order valence-electron chi connectivity index (χ1n) is 19.4. The maximum absolute atomic E-state index is 8.68. The molecule has 7 heteroatoms. The van der Waals surface area contributed by atoms with Gasteiger partial charge in [0.2, 0.25) is 5.71 Å². The van der Waals surface area contributed by atoms with Gasteiger partial charge in [0.25, 0.3) is 0 Å². The van der Waals surface area contributed by atoms with E-state index >= 15 is 0 Å². The zero-order chi connectivity index (χ0) is 39.2. The Balaban J connectivity index is 0.000000187. The summed E-state index contributed by atoms with van der Waals surface area (Å²) in [4.78, 5) is 14.3. The molecular weight excluding hydrogens is 869 g/mol. The number of pyridine rings is 2. The largest absolute Gasteiger partial charge is 0.486 e. The van der Waals surface area contributed by atoms with Crippen molar-refractivity contribution in [3.63, 3.8) is 0 Å². The fourth-order valence-corrected chi connectivity index (χ4v) is 8.83. The molecule has 0 atom stereocenters. The first-order chi connectivity index (χ1) is 26.1. The quantitative estimate of drug-likeness (QED) is 0.118. The van der Waals surface area contributed by atoms with Crippen LogP contribution in [0.25, 0.3) is 61.4 Å². The van der Waals surface area contributed by atoms with Crippen LogP contribution in [0, 0.1) is 19.1 Å². The van der Waals surface area contributed by atoms with E-state index in [0.717, 1.165) is 61.3 Å². The van der Waals surface area contributed by atoms with E-state index in [1.807, 2.05) is 69.4 Å². The first kappa shape index (κ1) is 38.6. The molecule has 0 unspecified atom stereocenters. The van der Waals surface area contributed by atoms with Gasteiger partial charge in [-0.3, -0.25) is 4.98 Å². The fourth-order valence-electron chi connectivity index (χ4n) is 7.24. The first-order valence-corrected chi connectivity index (χ1v) is 22.4. The van der Waals surface area contributed by atoms with Gasteiger partial charge < -0.3 is 14.0 Å². The molecule has 0 saturated heterocycles. The summed E-state index contributed by atoms with van der Waals surface area (Å²) in [7, 11) is -1.62. The van der Waals surface area contributed by atoms with E-state index in [1.165, 1.54) is 22.0 Å². The SMILES string of the molecule is CC(C)c1cccc(C(C)C)c1-n1c(-c2[c-]cccc2)nc2ccccc21.[2H]C(C)(C)c1cc(-c2[c-]ccc3c2oc2nc(C)ccc23)ncc1[Si](C)(C)C.[Ir]. The summed E-state index contributed by atoms with van der Waals surface area (Å²) in [6.07, 6.45) is 1.96. The molecule has 4 heterocycles. The van der Waals surface area contributed by atoms with Crippen LogP contribution in [0.3, 0.4) is 0 Å². The van der Waals surface area contributed by atoms with Crippen LogP contribution in [0.5, 0.6) is 0 Å². The summed E-state index contributed by atoms with van der Waals surface area (Å²) < 4.78 is 17.1. The van der Waals surface area contributed by atoms with E-state index in [0.29, 0.717) is 17.5 Å². The molecule has 0 amide bonds. The van der Waals surface area contributed by atoms with Crippen LogP contribution in [0.15, 0.2) is 108 Å². The predicted octanol–water partition coefficient (Wildman–Crippen LogP) is 12.6. The number of imidazole rings is 1. The Morgan fingerprint density at radius 2 is 1.45 bits per heavy atom. The number of hydrogen-bond donors (Lipinski definition) is 0. The van der Waals surface area contributed by atoms with Crippen molar-refractivity contribution in [3.05, 3.63) is 138 Å². The molecule has 0 bridgehead atoms. The Bertz CT molecular complexity index is 2620. The molecule has 0 N–H and O–H groups in total. The van der Waals surface area contributed by atoms with Crippen molar-refractivity contribution in [2.45, 2.75) is 85.8 Å². The van der Waals surface area contributed by atoms with Crippen molar-refractivity contribution < 1.29 is 25.9 Å². The number of rotatable bonds is 7. The molecule has 5 nitrogen and oxygen atoms in total. The minimum atomic E-state index is -1.62. The van der Waals surface area contributed by atoms with Crippen LogP contribution in [0.2, 0.25) is 19.6 Å². The van der Waals surface area contributed by atoms with Crippen molar-refractivity contribution in [2.24, 2.45) is 0 Å². The van der Waals surface area contributed by atoms with Gasteiger partial charge in [0, 0.05) is 44.4 Å². The molecule has 0 aliphatic carbocycles. The van der Waals surface area contributed by atoms with Crippen molar-refractivity contribution in [1.29, 1.82) is 0 Å². The summed E-state index contributed by atoms with van der Waals surface area (Å²) in [5, 5.41) is 3.24. The zero-order valence-electron chi connectivity index (χ0n) is 34.5. The summed E-state index contributed by atoms with van der Waals surface area (Å²) in [6.45, 7) is 21.7. The van der Waals surface area contributed by atoms with Crippen molar-refractivity contribution in [1.82, 2.24) is 19.5 Å². The Kier molecular flexibility index (Phi) is 11.4. The van der Waals surface area contributed by atoms with E-state index in [-0.39, 0.29) is 20.1 Å². The van der Waals surface area contributed by atoms with Crippen LogP contribution in [-0.4, -0.2) is 27.6 Å². The van der Waals surface area contributed by atoms with Crippen molar-refractivity contribution >= 4 is 46.4 Å². The third-order valence-corrected chi connectivity index (χ3v) is 12.0. The number of benzene rings is 4. The predicted molar refractivity (Wildman–Crippen MR) is 229 cm³/mol. The topological polar surface area (TPSA) is 56.7 Å². The minimum Gasteiger partial charge on any atom is -0.486 e. The Morgan fingerprint density at radius 3 is 2.11 bits per heavy atom. The molecule has 4 aromatic heterocycles. The van der Waals surface area contributed by atoms with Gasteiger partial charge in [-0.05, 0) is 70.9 Å². The number of para-hydroxylation sites is 3. The number of aryl methyl sites for hydroxylation is 1. The van der Waals surface area contributed by atoms with Gasteiger partial charge in [-0.2, -0.15) is 0 Å². The molecule has 283 valence electrons. The third-order valence-electron chi connectivity index (χ3n) is 10.0. The van der Waals surface area contributed by atoms with Gasteiger partial charge >= 0.3 is 0 Å². The number of fused-ring (bicyclic) bond motifs is 4. The van der Waals surface area contributed by atoms with Gasteiger partial charge in [-0.15, -0.1) is 54.1 Å². The average molecular weight is 920 g/mol. The van der Waals surface area contributed by atoms with E-state index in [9.17, 15) is 0 Å². The molecule has 1 radical (unpaired) electrons. The van der Waals surface area contributed by atoms with Crippen LogP contribution < -0.4 is 5.19 Å². The fraction of sp³-hybridized carbons (Fsp3) is 0.271. The molecule has 0 saturated carbocycles. The van der Waals surface area contributed by atoms with Crippen molar-refractivity contribution in [3.8, 4) is 28.3 Å². The van der Waals surface area contributed by atoms with Gasteiger partial charge in [-0.25, -0.2) is 4.98 Å². The molecule has 4 aromatic carbocycles. The van der Waals surface area contributed by atoms with Gasteiger partial charge in [0.05, 0.1) is 30.5 Å². The third kappa shape index (κ3) is 7.89. The second-order valence-corrected chi connectivity index (χ2v) is 21.0. The van der Waals surface area contributed by atoms with Crippen LogP contribution in [0.4, 0.5) is 0 Å². The molecule has 0 fully saturated rings. The van der Waals surface area contributed by atoms with E-state index in [2.05, 4.69) is 124 Å². The summed E-state index contributed by atoms with van der Waals surface area (Å²) >= 11 is 0. The number of furan rings is 1. The van der Waals surface area contributed by atoms with Gasteiger partial charge in [0.1, 0.15) is 0 Å². The second kappa shape index (κ2) is 16.2. The molecule has 8 rings (SSSR count).